The molecule has 0 bridgehead atoms. The summed E-state index contributed by atoms with van der Waals surface area (Å²) in [5.41, 5.74) is 2.36. The molecule has 2 nitrogen and oxygen atoms in total. The van der Waals surface area contributed by atoms with E-state index in [0.717, 1.165) is 22.3 Å². The second-order valence-electron chi connectivity index (χ2n) is 4.74. The Labute approximate surface area is 129 Å². The Hall–Kier alpha value is -1.32. The van der Waals surface area contributed by atoms with E-state index in [-0.39, 0.29) is 0 Å². The van der Waals surface area contributed by atoms with Crippen LogP contribution in [0.3, 0.4) is 0 Å². The highest BCUT2D eigenvalue weighted by Gasteiger charge is 2.10. The summed E-state index contributed by atoms with van der Waals surface area (Å²) in [6, 6.07) is 16.7. The average molecular weight is 334 g/mol. The zero-order valence-electron chi connectivity index (χ0n) is 11.9. The average Bonchev–Trinajstić information content (AvgIpc) is 2.46. The lowest BCUT2D eigenvalue weighted by molar-refractivity contribution is 0.300. The first-order valence-electron chi connectivity index (χ1n) is 6.90. The number of hydrogen-bond donors (Lipinski definition) is 1. The van der Waals surface area contributed by atoms with Crippen molar-refractivity contribution in [1.82, 2.24) is 5.32 Å². The molecular formula is C17H20BrNO. The lowest BCUT2D eigenvalue weighted by Gasteiger charge is -2.17. The van der Waals surface area contributed by atoms with E-state index in [9.17, 15) is 0 Å². The van der Waals surface area contributed by atoms with E-state index < -0.39 is 0 Å². The molecule has 0 aliphatic carbocycles. The van der Waals surface area contributed by atoms with Crippen LogP contribution in [-0.2, 0) is 6.61 Å². The zero-order valence-corrected chi connectivity index (χ0v) is 13.5. The van der Waals surface area contributed by atoms with Gasteiger partial charge >= 0.3 is 0 Å². The van der Waals surface area contributed by atoms with Crippen LogP contribution < -0.4 is 10.1 Å². The molecule has 0 aliphatic rings. The third-order valence-corrected chi connectivity index (χ3v) is 3.67. The van der Waals surface area contributed by atoms with Crippen LogP contribution in [0.15, 0.2) is 53.0 Å². The lowest BCUT2D eigenvalue weighted by Crippen LogP contribution is -2.18. The minimum absolute atomic E-state index is 0.290. The third-order valence-electron chi connectivity index (χ3n) is 3.18. The van der Waals surface area contributed by atoms with E-state index in [1.54, 1.807) is 0 Å². The Kier molecular flexibility index (Phi) is 5.62. The van der Waals surface area contributed by atoms with E-state index in [1.165, 1.54) is 5.56 Å². The Morgan fingerprint density at radius 2 is 1.95 bits per heavy atom. The van der Waals surface area contributed by atoms with Crippen LogP contribution in [0.4, 0.5) is 0 Å². The van der Waals surface area contributed by atoms with Gasteiger partial charge in [0.05, 0.1) is 0 Å². The maximum absolute atomic E-state index is 5.98. The standard InChI is InChI=1S/C17H20BrNO/c1-3-19-13(2)16-9-4-5-10-17(16)20-12-14-7-6-8-15(18)11-14/h4-11,13,19H,3,12H2,1-2H3. The zero-order chi connectivity index (χ0) is 14.4. The quantitative estimate of drug-likeness (QED) is 0.827. The number of nitrogens with one attached hydrogen (secondary N) is 1. The molecule has 0 radical (unpaired) electrons. The number of rotatable bonds is 6. The molecule has 106 valence electrons. The van der Waals surface area contributed by atoms with Crippen molar-refractivity contribution in [2.45, 2.75) is 26.5 Å². The molecule has 0 spiro atoms. The highest BCUT2D eigenvalue weighted by Crippen LogP contribution is 2.25. The molecule has 0 saturated heterocycles. The topological polar surface area (TPSA) is 21.3 Å². The van der Waals surface area contributed by atoms with Crippen LogP contribution in [0.2, 0.25) is 0 Å². The highest BCUT2D eigenvalue weighted by molar-refractivity contribution is 9.10. The number of benzene rings is 2. The Balaban J connectivity index is 2.09. The number of hydrogen-bond acceptors (Lipinski definition) is 2. The molecule has 2 rings (SSSR count). The van der Waals surface area contributed by atoms with E-state index in [0.29, 0.717) is 12.6 Å². The van der Waals surface area contributed by atoms with Crippen molar-refractivity contribution in [1.29, 1.82) is 0 Å². The van der Waals surface area contributed by atoms with Crippen LogP contribution in [0.1, 0.15) is 31.0 Å². The third kappa shape index (κ3) is 4.09. The fraction of sp³-hybridized carbons (Fsp3) is 0.294. The smallest absolute Gasteiger partial charge is 0.124 e. The molecule has 0 fully saturated rings. The monoisotopic (exact) mass is 333 g/mol. The van der Waals surface area contributed by atoms with Gasteiger partial charge in [0.15, 0.2) is 0 Å². The molecule has 2 aromatic carbocycles. The van der Waals surface area contributed by atoms with E-state index >= 15 is 0 Å². The Bertz CT molecular complexity index is 556. The van der Waals surface area contributed by atoms with Crippen LogP contribution in [0, 0.1) is 0 Å². The predicted octanol–water partition coefficient (Wildman–Crippen LogP) is 4.70. The molecule has 1 unspecified atom stereocenters. The maximum atomic E-state index is 5.98. The fourth-order valence-corrected chi connectivity index (χ4v) is 2.62. The Morgan fingerprint density at radius 3 is 2.70 bits per heavy atom. The van der Waals surface area contributed by atoms with Crippen molar-refractivity contribution in [3.63, 3.8) is 0 Å². The van der Waals surface area contributed by atoms with Gasteiger partial charge in [-0.15, -0.1) is 0 Å². The van der Waals surface area contributed by atoms with Crippen molar-refractivity contribution in [3.05, 3.63) is 64.1 Å². The largest absolute Gasteiger partial charge is 0.489 e. The molecule has 3 heteroatoms. The van der Waals surface area contributed by atoms with Gasteiger partial charge in [-0.3, -0.25) is 0 Å². The second kappa shape index (κ2) is 7.46. The molecule has 0 amide bonds. The summed E-state index contributed by atoms with van der Waals surface area (Å²) in [6.07, 6.45) is 0. The van der Waals surface area contributed by atoms with Gasteiger partial charge < -0.3 is 10.1 Å². The van der Waals surface area contributed by atoms with Crippen LogP contribution in [-0.4, -0.2) is 6.54 Å². The minimum atomic E-state index is 0.290. The molecule has 0 heterocycles. The maximum Gasteiger partial charge on any atom is 0.124 e. The Morgan fingerprint density at radius 1 is 1.15 bits per heavy atom. The van der Waals surface area contributed by atoms with Gasteiger partial charge in [-0.25, -0.2) is 0 Å². The molecule has 0 aromatic heterocycles. The van der Waals surface area contributed by atoms with E-state index in [2.05, 4.69) is 59.4 Å². The van der Waals surface area contributed by atoms with Crippen molar-refractivity contribution in [2.24, 2.45) is 0 Å². The number of para-hydroxylation sites is 1. The molecule has 0 saturated carbocycles. The van der Waals surface area contributed by atoms with Gasteiger partial charge in [-0.1, -0.05) is 53.2 Å². The first kappa shape index (κ1) is 15.1. The second-order valence-corrected chi connectivity index (χ2v) is 5.65. The summed E-state index contributed by atoms with van der Waals surface area (Å²) in [6.45, 7) is 5.79. The SMILES string of the molecule is CCNC(C)c1ccccc1OCc1cccc(Br)c1. The van der Waals surface area contributed by atoms with Gasteiger partial charge in [0.25, 0.3) is 0 Å². The van der Waals surface area contributed by atoms with Gasteiger partial charge in [0.2, 0.25) is 0 Å². The van der Waals surface area contributed by atoms with Crippen LogP contribution in [0.25, 0.3) is 0 Å². The van der Waals surface area contributed by atoms with Crippen LogP contribution in [0.5, 0.6) is 5.75 Å². The number of ether oxygens (including phenoxy) is 1. The highest BCUT2D eigenvalue weighted by atomic mass is 79.9. The molecular weight excluding hydrogens is 314 g/mol. The lowest BCUT2D eigenvalue weighted by atomic mass is 10.1. The summed E-state index contributed by atoms with van der Waals surface area (Å²) in [7, 11) is 0. The predicted molar refractivity (Wildman–Crippen MR) is 87.0 cm³/mol. The summed E-state index contributed by atoms with van der Waals surface area (Å²) >= 11 is 3.48. The van der Waals surface area contributed by atoms with E-state index in [4.69, 9.17) is 4.74 Å². The van der Waals surface area contributed by atoms with Crippen molar-refractivity contribution >= 4 is 15.9 Å². The van der Waals surface area contributed by atoms with Crippen molar-refractivity contribution < 1.29 is 4.74 Å². The van der Waals surface area contributed by atoms with Gasteiger partial charge in [0.1, 0.15) is 12.4 Å². The van der Waals surface area contributed by atoms with Crippen molar-refractivity contribution in [2.75, 3.05) is 6.54 Å². The minimum Gasteiger partial charge on any atom is -0.489 e. The van der Waals surface area contributed by atoms with Gasteiger partial charge in [0, 0.05) is 16.1 Å². The summed E-state index contributed by atoms with van der Waals surface area (Å²) in [4.78, 5) is 0. The molecule has 0 aliphatic heterocycles. The summed E-state index contributed by atoms with van der Waals surface area (Å²) in [5, 5.41) is 3.42. The first-order chi connectivity index (χ1) is 9.70. The molecule has 1 N–H and O–H groups in total. The molecule has 20 heavy (non-hydrogen) atoms. The molecule has 1 atom stereocenters. The number of halogens is 1. The molecule has 2 aromatic rings. The first-order valence-corrected chi connectivity index (χ1v) is 7.69. The van der Waals surface area contributed by atoms with Crippen molar-refractivity contribution in [3.8, 4) is 5.75 Å². The van der Waals surface area contributed by atoms with Gasteiger partial charge in [-0.2, -0.15) is 0 Å². The van der Waals surface area contributed by atoms with Crippen LogP contribution >= 0.6 is 15.9 Å². The van der Waals surface area contributed by atoms with E-state index in [1.807, 2.05) is 24.3 Å². The normalized spacial score (nSPS) is 12.2. The summed E-state index contributed by atoms with van der Waals surface area (Å²) in [5.74, 6) is 0.945. The summed E-state index contributed by atoms with van der Waals surface area (Å²) < 4.78 is 7.06. The fourth-order valence-electron chi connectivity index (χ4n) is 2.17. The van der Waals surface area contributed by atoms with Gasteiger partial charge in [-0.05, 0) is 37.2 Å².